The molecule has 0 bridgehead atoms. The largest absolute Gasteiger partial charge is 0.466 e. The molecule has 1 saturated heterocycles. The maximum absolute atomic E-state index is 12.9. The summed E-state index contributed by atoms with van der Waals surface area (Å²) in [4.78, 5) is 36.5. The number of carbonyl (C=O) groups is 3. The van der Waals surface area contributed by atoms with Crippen LogP contribution in [0.5, 0.6) is 0 Å². The van der Waals surface area contributed by atoms with E-state index in [1.54, 1.807) is 13.8 Å². The van der Waals surface area contributed by atoms with Crippen LogP contribution in [0.25, 0.3) is 0 Å². The third-order valence-electron chi connectivity index (χ3n) is 8.23. The van der Waals surface area contributed by atoms with Crippen LogP contribution in [0.4, 0.5) is 0 Å². The van der Waals surface area contributed by atoms with Crippen molar-refractivity contribution in [2.24, 2.45) is 5.41 Å². The van der Waals surface area contributed by atoms with E-state index in [1.807, 2.05) is 0 Å². The molecular formula is C31H54O9Si. The molecule has 2 N–H and O–H groups in total. The van der Waals surface area contributed by atoms with Gasteiger partial charge in [-0.3, -0.25) is 9.59 Å². The molecule has 1 unspecified atom stereocenters. The Kier molecular flexibility index (Phi) is 14.6. The fourth-order valence-electron chi connectivity index (χ4n) is 4.46. The molecule has 9 nitrogen and oxygen atoms in total. The zero-order chi connectivity index (χ0) is 31.5. The molecule has 0 aromatic carbocycles. The van der Waals surface area contributed by atoms with Crippen molar-refractivity contribution in [2.45, 2.75) is 135 Å². The molecule has 0 radical (unpaired) electrons. The minimum absolute atomic E-state index is 0.0349. The molecule has 0 aliphatic carbocycles. The Labute approximate surface area is 247 Å². The third-order valence-corrected chi connectivity index (χ3v) is 12.7. The van der Waals surface area contributed by atoms with Gasteiger partial charge in [-0.05, 0) is 42.6 Å². The fourth-order valence-corrected chi connectivity index (χ4v) is 5.50. The highest BCUT2D eigenvalue weighted by Crippen LogP contribution is 2.46. The molecule has 10 heteroatoms. The summed E-state index contributed by atoms with van der Waals surface area (Å²) in [5.74, 6) is -3.36. The quantitative estimate of drug-likeness (QED) is 0.0790. The van der Waals surface area contributed by atoms with Gasteiger partial charge in [-0.25, -0.2) is 4.79 Å². The number of rotatable bonds is 16. The minimum atomic E-state index is -2.16. The van der Waals surface area contributed by atoms with Gasteiger partial charge < -0.3 is 28.8 Å². The van der Waals surface area contributed by atoms with Crippen molar-refractivity contribution in [2.75, 3.05) is 13.7 Å². The summed E-state index contributed by atoms with van der Waals surface area (Å²) in [6, 6.07) is 0. The van der Waals surface area contributed by atoms with Crippen molar-refractivity contribution in [1.82, 2.24) is 0 Å². The number of ether oxygens (including phenoxy) is 3. The van der Waals surface area contributed by atoms with E-state index in [9.17, 15) is 24.6 Å². The number of aliphatic hydroxyl groups is 2. The Balaban J connectivity index is 3.33. The van der Waals surface area contributed by atoms with E-state index in [0.717, 1.165) is 25.7 Å². The molecule has 0 spiro atoms. The highest BCUT2D eigenvalue weighted by atomic mass is 28.4. The molecule has 1 heterocycles. The van der Waals surface area contributed by atoms with Crippen LogP contribution in [0.1, 0.15) is 92.9 Å². The average Bonchev–Trinajstić information content (AvgIpc) is 2.87. The Morgan fingerprint density at radius 2 is 1.78 bits per heavy atom. The van der Waals surface area contributed by atoms with Gasteiger partial charge in [0, 0.05) is 24.3 Å². The lowest BCUT2D eigenvalue weighted by atomic mass is 9.74. The summed E-state index contributed by atoms with van der Waals surface area (Å²) >= 11 is 0. The minimum Gasteiger partial charge on any atom is -0.466 e. The number of hydrogen-bond donors (Lipinski definition) is 2. The first kappa shape index (κ1) is 37.2. The van der Waals surface area contributed by atoms with Crippen LogP contribution in [-0.4, -0.2) is 74.6 Å². The van der Waals surface area contributed by atoms with Crippen LogP contribution in [0, 0.1) is 5.41 Å². The number of aliphatic hydroxyl groups excluding tert-OH is 1. The SMILES string of the molecule is CCCCCCCC(=O)O[C@H]1/C(=C/C(=O)OC)CC(C[C@@H](O)CO[Si](C)(C)C(C)(C)C)O[C@@]1(O)C(C)(C)/C=C/C=O. The lowest BCUT2D eigenvalue weighted by Crippen LogP contribution is -2.62. The van der Waals surface area contributed by atoms with Gasteiger partial charge in [-0.15, -0.1) is 0 Å². The van der Waals surface area contributed by atoms with Gasteiger partial charge in [0.2, 0.25) is 5.79 Å². The summed E-state index contributed by atoms with van der Waals surface area (Å²) in [6.45, 7) is 16.0. The highest BCUT2D eigenvalue weighted by Gasteiger charge is 2.57. The van der Waals surface area contributed by atoms with Crippen LogP contribution < -0.4 is 0 Å². The Bertz CT molecular complexity index is 919. The molecule has 0 aromatic rings. The smallest absolute Gasteiger partial charge is 0.330 e. The molecule has 0 saturated carbocycles. The molecule has 0 amide bonds. The predicted octanol–water partition coefficient (Wildman–Crippen LogP) is 5.39. The number of allylic oxidation sites excluding steroid dienone is 1. The van der Waals surface area contributed by atoms with Crippen LogP contribution in [0.3, 0.4) is 0 Å². The maximum atomic E-state index is 12.9. The lowest BCUT2D eigenvalue weighted by molar-refractivity contribution is -0.327. The van der Waals surface area contributed by atoms with E-state index in [0.29, 0.717) is 18.3 Å². The number of methoxy groups -OCH3 is 1. The lowest BCUT2D eigenvalue weighted by Gasteiger charge is -2.50. The Hall–Kier alpha value is -1.85. The third kappa shape index (κ3) is 11.1. The monoisotopic (exact) mass is 598 g/mol. The Morgan fingerprint density at radius 3 is 2.34 bits per heavy atom. The van der Waals surface area contributed by atoms with E-state index < -0.39 is 49.8 Å². The number of esters is 2. The van der Waals surface area contributed by atoms with E-state index in [1.165, 1.54) is 25.3 Å². The zero-order valence-electron chi connectivity index (χ0n) is 26.7. The number of aldehydes is 1. The van der Waals surface area contributed by atoms with Crippen molar-refractivity contribution < 1.29 is 43.2 Å². The van der Waals surface area contributed by atoms with Gasteiger partial charge in [-0.2, -0.15) is 0 Å². The molecule has 1 fully saturated rings. The zero-order valence-corrected chi connectivity index (χ0v) is 27.7. The van der Waals surface area contributed by atoms with Crippen molar-refractivity contribution >= 4 is 26.5 Å². The van der Waals surface area contributed by atoms with E-state index in [-0.39, 0.29) is 30.9 Å². The second kappa shape index (κ2) is 16.1. The second-order valence-corrected chi connectivity index (χ2v) is 17.9. The predicted molar refractivity (Wildman–Crippen MR) is 161 cm³/mol. The molecule has 1 rings (SSSR count). The van der Waals surface area contributed by atoms with Crippen molar-refractivity contribution in [3.8, 4) is 0 Å². The van der Waals surface area contributed by atoms with Crippen LogP contribution in [0.15, 0.2) is 23.8 Å². The first-order valence-electron chi connectivity index (χ1n) is 14.8. The van der Waals surface area contributed by atoms with Gasteiger partial charge in [-0.1, -0.05) is 73.3 Å². The molecule has 41 heavy (non-hydrogen) atoms. The number of carbonyl (C=O) groups excluding carboxylic acids is 3. The van der Waals surface area contributed by atoms with E-state index >= 15 is 0 Å². The van der Waals surface area contributed by atoms with Crippen LogP contribution in [-0.2, 0) is 33.0 Å². The summed E-state index contributed by atoms with van der Waals surface area (Å²) in [5.41, 5.74) is -0.934. The standard InChI is InChI=1S/C31H54O9Si/c1-10-11-12-13-14-16-26(34)39-28-23(20-27(35)37-7)19-25(40-31(28,36)30(5,6)17-15-18-32)21-24(33)22-38-41(8,9)29(2,3)4/h15,17-18,20,24-25,28,33,36H,10-14,16,19,21-22H2,1-9H3/b17-15+,23-20+/t24-,25?,28+,31-/m1/s1. The summed E-state index contributed by atoms with van der Waals surface area (Å²) in [6.07, 6.45) is 6.56. The first-order valence-corrected chi connectivity index (χ1v) is 17.7. The van der Waals surface area contributed by atoms with Gasteiger partial charge in [0.05, 0.1) is 25.9 Å². The second-order valence-electron chi connectivity index (χ2n) is 13.1. The van der Waals surface area contributed by atoms with Gasteiger partial charge in [0.25, 0.3) is 0 Å². The van der Waals surface area contributed by atoms with Gasteiger partial charge in [0.15, 0.2) is 14.4 Å². The topological polar surface area (TPSA) is 129 Å². The molecular weight excluding hydrogens is 544 g/mol. The van der Waals surface area contributed by atoms with Crippen LogP contribution >= 0.6 is 0 Å². The van der Waals surface area contributed by atoms with Crippen molar-refractivity contribution in [1.29, 1.82) is 0 Å². The van der Waals surface area contributed by atoms with E-state index in [2.05, 4.69) is 40.8 Å². The van der Waals surface area contributed by atoms with Crippen molar-refractivity contribution in [3.05, 3.63) is 23.8 Å². The molecule has 0 aromatic heterocycles. The Morgan fingerprint density at radius 1 is 1.15 bits per heavy atom. The normalized spacial score (nSPS) is 23.9. The summed E-state index contributed by atoms with van der Waals surface area (Å²) < 4.78 is 23.1. The van der Waals surface area contributed by atoms with Gasteiger partial charge >= 0.3 is 11.9 Å². The van der Waals surface area contributed by atoms with Crippen LogP contribution in [0.2, 0.25) is 18.1 Å². The first-order chi connectivity index (χ1) is 18.9. The molecule has 1 aliphatic rings. The number of hydrogen-bond acceptors (Lipinski definition) is 9. The summed E-state index contributed by atoms with van der Waals surface area (Å²) in [7, 11) is -0.883. The molecule has 1 aliphatic heterocycles. The van der Waals surface area contributed by atoms with E-state index in [4.69, 9.17) is 18.6 Å². The van der Waals surface area contributed by atoms with Gasteiger partial charge in [0.1, 0.15) is 6.29 Å². The van der Waals surface area contributed by atoms with Crippen molar-refractivity contribution in [3.63, 3.8) is 0 Å². The maximum Gasteiger partial charge on any atom is 0.330 e. The fraction of sp³-hybridized carbons (Fsp3) is 0.774. The summed E-state index contributed by atoms with van der Waals surface area (Å²) in [5, 5.41) is 23.0. The average molecular weight is 599 g/mol. The highest BCUT2D eigenvalue weighted by molar-refractivity contribution is 6.74. The molecule has 236 valence electrons. The number of unbranched alkanes of at least 4 members (excludes halogenated alkanes) is 4. The molecule has 4 atom stereocenters.